The lowest BCUT2D eigenvalue weighted by atomic mass is 10.2. The molecule has 6 heteroatoms. The second-order valence-corrected chi connectivity index (χ2v) is 2.13. The van der Waals surface area contributed by atoms with E-state index in [0.29, 0.717) is 12.0 Å². The van der Waals surface area contributed by atoms with Crippen LogP contribution in [0.15, 0.2) is 6.20 Å². The summed E-state index contributed by atoms with van der Waals surface area (Å²) in [4.78, 5) is 12.9. The number of nitrogens with one attached hydrogen (secondary N) is 1. The summed E-state index contributed by atoms with van der Waals surface area (Å²) in [6.07, 6.45) is 1.75. The van der Waals surface area contributed by atoms with Crippen LogP contribution >= 0.6 is 0 Å². The molecule has 1 N–H and O–H groups in total. The highest BCUT2D eigenvalue weighted by Gasteiger charge is 2.14. The minimum atomic E-state index is -0.535. The molecule has 1 rings (SSSR count). The smallest absolute Gasteiger partial charge is 0.346 e. The van der Waals surface area contributed by atoms with Crippen molar-refractivity contribution in [2.24, 2.45) is 0 Å². The summed E-state index contributed by atoms with van der Waals surface area (Å²) in [5, 5.41) is 16.1. The van der Waals surface area contributed by atoms with E-state index in [1.54, 1.807) is 0 Å². The topological polar surface area (TPSA) is 76.2 Å². The zero-order chi connectivity index (χ0) is 8.97. The molecule has 1 aromatic rings. The number of nitrogens with zero attached hydrogens (tertiary/aromatic N) is 3. The Morgan fingerprint density at radius 1 is 1.83 bits per heavy atom. The number of hydrogen-bond donors (Lipinski definition) is 1. The molecular formula is C6H6N4O2. The van der Waals surface area contributed by atoms with Gasteiger partial charge in [0.15, 0.2) is 0 Å². The molecule has 0 bridgehead atoms. The minimum absolute atomic E-state index is 0.112. The summed E-state index contributed by atoms with van der Waals surface area (Å²) < 4.78 is 0. The molecule has 0 aliphatic heterocycles. The molecule has 0 saturated heterocycles. The molecule has 0 amide bonds. The van der Waals surface area contributed by atoms with Gasteiger partial charge in [-0.3, -0.25) is 0 Å². The van der Waals surface area contributed by atoms with E-state index < -0.39 is 4.92 Å². The highest BCUT2D eigenvalue weighted by Crippen LogP contribution is 2.13. The fraction of sp³-hybridized carbons (Fsp3) is 0.333. The number of aromatic nitrogens is 2. The van der Waals surface area contributed by atoms with Crippen LogP contribution in [-0.4, -0.2) is 21.7 Å². The van der Waals surface area contributed by atoms with Gasteiger partial charge in [-0.2, -0.15) is 0 Å². The van der Waals surface area contributed by atoms with Gasteiger partial charge in [-0.1, -0.05) is 5.10 Å². The lowest BCUT2D eigenvalue weighted by Crippen LogP contribution is -1.94. The van der Waals surface area contributed by atoms with E-state index in [2.05, 4.69) is 15.0 Å². The Bertz CT molecular complexity index is 325. The second kappa shape index (κ2) is 3.48. The highest BCUT2D eigenvalue weighted by molar-refractivity contribution is 5.29. The summed E-state index contributed by atoms with van der Waals surface area (Å²) in [6, 6.07) is 0. The molecular weight excluding hydrogens is 160 g/mol. The van der Waals surface area contributed by atoms with Crippen LogP contribution in [0.4, 0.5) is 5.82 Å². The first kappa shape index (κ1) is 8.20. The largest absolute Gasteiger partial charge is 0.358 e. The van der Waals surface area contributed by atoms with Gasteiger partial charge in [-0.15, -0.1) is 5.10 Å². The van der Waals surface area contributed by atoms with Crippen molar-refractivity contribution >= 4 is 5.82 Å². The third-order valence-electron chi connectivity index (χ3n) is 1.37. The Hall–Kier alpha value is -1.90. The number of nitro groups is 1. The van der Waals surface area contributed by atoms with Crippen molar-refractivity contribution in [2.75, 3.05) is 6.54 Å². The van der Waals surface area contributed by atoms with Gasteiger partial charge in [0.2, 0.25) is 6.54 Å². The summed E-state index contributed by atoms with van der Waals surface area (Å²) in [6.45, 7) is 6.76. The molecule has 12 heavy (non-hydrogen) atoms. The van der Waals surface area contributed by atoms with Crippen LogP contribution in [0, 0.1) is 16.7 Å². The summed E-state index contributed by atoms with van der Waals surface area (Å²) in [7, 11) is 0. The SMILES string of the molecule is [C-]#[N+]CCc1cn[nH]c1[N+](=O)[O-]. The van der Waals surface area contributed by atoms with Crippen LogP contribution in [0.5, 0.6) is 0 Å². The van der Waals surface area contributed by atoms with Gasteiger partial charge >= 0.3 is 5.82 Å². The molecule has 0 aliphatic rings. The quantitative estimate of drug-likeness (QED) is 0.409. The minimum Gasteiger partial charge on any atom is -0.358 e. The van der Waals surface area contributed by atoms with Crippen LogP contribution in [0.2, 0.25) is 0 Å². The molecule has 0 spiro atoms. The average molecular weight is 166 g/mol. The number of hydrogen-bond acceptors (Lipinski definition) is 3. The normalized spacial score (nSPS) is 9.25. The van der Waals surface area contributed by atoms with Crippen molar-refractivity contribution in [3.05, 3.63) is 33.3 Å². The summed E-state index contributed by atoms with van der Waals surface area (Å²) in [5.41, 5.74) is 0.482. The van der Waals surface area contributed by atoms with Gasteiger partial charge in [0, 0.05) is 0 Å². The molecule has 1 heterocycles. The lowest BCUT2D eigenvalue weighted by molar-refractivity contribution is -0.390. The molecule has 0 radical (unpaired) electrons. The Balaban J connectivity index is 2.79. The second-order valence-electron chi connectivity index (χ2n) is 2.13. The van der Waals surface area contributed by atoms with Crippen molar-refractivity contribution in [1.82, 2.24) is 10.2 Å². The van der Waals surface area contributed by atoms with Gasteiger partial charge in [0.05, 0.1) is 18.2 Å². The van der Waals surface area contributed by atoms with Crippen LogP contribution in [-0.2, 0) is 6.42 Å². The van der Waals surface area contributed by atoms with Gasteiger partial charge in [0.1, 0.15) is 0 Å². The fourth-order valence-corrected chi connectivity index (χ4v) is 0.822. The molecule has 0 unspecified atom stereocenters. The van der Waals surface area contributed by atoms with Crippen LogP contribution in [0.1, 0.15) is 5.56 Å². The summed E-state index contributed by atoms with van der Waals surface area (Å²) in [5.74, 6) is -0.112. The Labute approximate surface area is 68.2 Å². The Kier molecular flexibility index (Phi) is 2.38. The van der Waals surface area contributed by atoms with Gasteiger partial charge < -0.3 is 15.0 Å². The van der Waals surface area contributed by atoms with E-state index in [-0.39, 0.29) is 12.4 Å². The molecule has 0 aliphatic carbocycles. The zero-order valence-electron chi connectivity index (χ0n) is 6.15. The van der Waals surface area contributed by atoms with Gasteiger partial charge in [-0.25, -0.2) is 6.57 Å². The Morgan fingerprint density at radius 3 is 3.17 bits per heavy atom. The van der Waals surface area contributed by atoms with Crippen LogP contribution in [0.25, 0.3) is 4.85 Å². The van der Waals surface area contributed by atoms with E-state index in [1.165, 1.54) is 6.20 Å². The van der Waals surface area contributed by atoms with Gasteiger partial charge in [-0.05, 0) is 4.92 Å². The molecule has 62 valence electrons. The van der Waals surface area contributed by atoms with Crippen molar-refractivity contribution in [1.29, 1.82) is 0 Å². The molecule has 0 atom stereocenters. The fourth-order valence-electron chi connectivity index (χ4n) is 0.822. The van der Waals surface area contributed by atoms with E-state index in [1.807, 2.05) is 0 Å². The third kappa shape index (κ3) is 1.58. The molecule has 0 fully saturated rings. The summed E-state index contributed by atoms with van der Waals surface area (Å²) >= 11 is 0. The predicted molar refractivity (Wildman–Crippen MR) is 40.4 cm³/mol. The van der Waals surface area contributed by atoms with Crippen molar-refractivity contribution < 1.29 is 4.92 Å². The first-order valence-electron chi connectivity index (χ1n) is 3.25. The predicted octanol–water partition coefficient (Wildman–Crippen LogP) is 0.780. The van der Waals surface area contributed by atoms with Gasteiger partial charge in [0.25, 0.3) is 0 Å². The Morgan fingerprint density at radius 2 is 2.58 bits per heavy atom. The van der Waals surface area contributed by atoms with Crippen molar-refractivity contribution in [3.8, 4) is 0 Å². The first-order chi connectivity index (χ1) is 5.75. The maximum Gasteiger partial charge on any atom is 0.346 e. The van der Waals surface area contributed by atoms with E-state index in [0.717, 1.165) is 0 Å². The van der Waals surface area contributed by atoms with E-state index in [9.17, 15) is 10.1 Å². The number of aromatic amines is 1. The molecule has 6 nitrogen and oxygen atoms in total. The number of H-pyrrole nitrogens is 1. The third-order valence-corrected chi connectivity index (χ3v) is 1.37. The van der Waals surface area contributed by atoms with Crippen molar-refractivity contribution in [2.45, 2.75) is 6.42 Å². The van der Waals surface area contributed by atoms with Crippen LogP contribution < -0.4 is 0 Å². The lowest BCUT2D eigenvalue weighted by Gasteiger charge is -1.91. The molecule has 1 aromatic heterocycles. The zero-order valence-corrected chi connectivity index (χ0v) is 6.15. The maximum atomic E-state index is 10.3. The van der Waals surface area contributed by atoms with E-state index >= 15 is 0 Å². The number of rotatable bonds is 3. The maximum absolute atomic E-state index is 10.3. The van der Waals surface area contributed by atoms with Crippen molar-refractivity contribution in [3.63, 3.8) is 0 Å². The monoisotopic (exact) mass is 166 g/mol. The van der Waals surface area contributed by atoms with Crippen LogP contribution in [0.3, 0.4) is 0 Å². The van der Waals surface area contributed by atoms with E-state index in [4.69, 9.17) is 6.57 Å². The first-order valence-corrected chi connectivity index (χ1v) is 3.25. The molecule has 0 saturated carbocycles. The molecule has 0 aromatic carbocycles. The highest BCUT2D eigenvalue weighted by atomic mass is 16.6. The standard InChI is InChI=1S/C6H6N4O2/c1-7-3-2-5-4-8-9-6(5)10(11)12/h4H,2-3H2,(H,8,9). The average Bonchev–Trinajstić information content (AvgIpc) is 2.48.